The zero-order chi connectivity index (χ0) is 13.7. The van der Waals surface area contributed by atoms with Gasteiger partial charge in [-0.1, -0.05) is 18.9 Å². The molecule has 1 aliphatic rings. The van der Waals surface area contributed by atoms with E-state index in [2.05, 4.69) is 16.8 Å². The predicted octanol–water partition coefficient (Wildman–Crippen LogP) is 2.07. The lowest BCUT2D eigenvalue weighted by Crippen LogP contribution is -2.43. The van der Waals surface area contributed by atoms with Gasteiger partial charge in [-0.15, -0.1) is 11.3 Å². The van der Waals surface area contributed by atoms with E-state index >= 15 is 0 Å². The number of hydrogen-bond donors (Lipinski definition) is 2. The fraction of sp³-hybridized carbons (Fsp3) is 0.643. The Morgan fingerprint density at radius 3 is 2.84 bits per heavy atom. The van der Waals surface area contributed by atoms with Crippen LogP contribution >= 0.6 is 11.3 Å². The smallest absolute Gasteiger partial charge is 0.250 e. The van der Waals surface area contributed by atoms with Crippen molar-refractivity contribution in [3.8, 4) is 0 Å². The normalized spacial score (nSPS) is 19.3. The summed E-state index contributed by atoms with van der Waals surface area (Å²) < 4.78 is 5.11. The molecule has 19 heavy (non-hydrogen) atoms. The molecule has 1 amide bonds. The van der Waals surface area contributed by atoms with Crippen LogP contribution < -0.4 is 11.1 Å². The van der Waals surface area contributed by atoms with Gasteiger partial charge in [0.25, 0.3) is 5.91 Å². The average Bonchev–Trinajstić information content (AvgIpc) is 3.11. The molecule has 0 aromatic carbocycles. The number of carbonyl (C=O) groups is 1. The van der Waals surface area contributed by atoms with Crippen LogP contribution in [0.4, 0.5) is 0 Å². The maximum Gasteiger partial charge on any atom is 0.250 e. The van der Waals surface area contributed by atoms with Crippen molar-refractivity contribution < 1.29 is 9.53 Å². The molecular formula is C14H22N2O2S. The number of methoxy groups -OCH3 is 1. The third-order valence-electron chi connectivity index (χ3n) is 3.81. The van der Waals surface area contributed by atoms with Crippen LogP contribution in [0.25, 0.3) is 0 Å². The van der Waals surface area contributed by atoms with Gasteiger partial charge in [0, 0.05) is 18.5 Å². The summed E-state index contributed by atoms with van der Waals surface area (Å²) in [7, 11) is 1.52. The molecule has 0 aliphatic heterocycles. The third-order valence-corrected chi connectivity index (χ3v) is 4.77. The monoisotopic (exact) mass is 282 g/mol. The number of carbonyl (C=O) groups excluding carboxylic acids is 1. The van der Waals surface area contributed by atoms with Gasteiger partial charge < -0.3 is 15.8 Å². The van der Waals surface area contributed by atoms with Gasteiger partial charge in [0.15, 0.2) is 0 Å². The van der Waals surface area contributed by atoms with Crippen molar-refractivity contribution in [2.24, 2.45) is 11.7 Å². The number of rotatable bonds is 6. The third kappa shape index (κ3) is 3.55. The highest BCUT2D eigenvalue weighted by Crippen LogP contribution is 2.37. The Bertz CT molecular complexity index is 384. The number of nitrogens with two attached hydrogens (primary N) is 1. The van der Waals surface area contributed by atoms with Gasteiger partial charge in [-0.05, 0) is 30.2 Å². The molecule has 0 saturated heterocycles. The molecule has 4 nitrogen and oxygen atoms in total. The minimum atomic E-state index is -0.552. The highest BCUT2D eigenvalue weighted by molar-refractivity contribution is 7.10. The summed E-state index contributed by atoms with van der Waals surface area (Å²) in [5.74, 6) is 0.438. The molecule has 2 unspecified atom stereocenters. The Balaban J connectivity index is 2.07. The highest BCUT2D eigenvalue weighted by Gasteiger charge is 2.30. The lowest BCUT2D eigenvalue weighted by atomic mass is 9.96. The molecule has 0 radical (unpaired) electrons. The largest absolute Gasteiger partial charge is 0.370 e. The molecule has 1 fully saturated rings. The van der Waals surface area contributed by atoms with Gasteiger partial charge in [0.2, 0.25) is 0 Å². The molecule has 1 saturated carbocycles. The van der Waals surface area contributed by atoms with E-state index in [1.54, 1.807) is 11.3 Å². The summed E-state index contributed by atoms with van der Waals surface area (Å²) in [6.07, 6.45) is 4.33. The van der Waals surface area contributed by atoms with Gasteiger partial charge in [0.05, 0.1) is 6.04 Å². The summed E-state index contributed by atoms with van der Waals surface area (Å²) in [5.41, 5.74) is 5.55. The van der Waals surface area contributed by atoms with Crippen molar-refractivity contribution in [2.75, 3.05) is 13.7 Å². The van der Waals surface area contributed by atoms with Gasteiger partial charge in [-0.3, -0.25) is 4.79 Å². The number of thiophene rings is 1. The van der Waals surface area contributed by atoms with Crippen LogP contribution in [0.5, 0.6) is 0 Å². The molecule has 0 bridgehead atoms. The van der Waals surface area contributed by atoms with Crippen molar-refractivity contribution in [1.82, 2.24) is 5.32 Å². The van der Waals surface area contributed by atoms with Crippen molar-refractivity contribution >= 4 is 17.2 Å². The standard InChI is InChI=1S/C14H22N2O2S/c1-18-11(9-15)14(17)16-13(10-5-2-3-6-10)12-7-4-8-19-12/h4,7-8,10-11,13H,2-3,5-6,9,15H2,1H3,(H,16,17). The second-order valence-corrected chi connectivity index (χ2v) is 5.99. The first-order chi connectivity index (χ1) is 9.26. The fourth-order valence-electron chi connectivity index (χ4n) is 2.74. The molecule has 5 heteroatoms. The van der Waals surface area contributed by atoms with Crippen LogP contribution in [-0.2, 0) is 9.53 Å². The Labute approximate surface area is 118 Å². The van der Waals surface area contributed by atoms with Gasteiger partial charge in [-0.25, -0.2) is 0 Å². The maximum absolute atomic E-state index is 12.2. The zero-order valence-corrected chi connectivity index (χ0v) is 12.1. The lowest BCUT2D eigenvalue weighted by Gasteiger charge is -2.25. The van der Waals surface area contributed by atoms with E-state index in [1.165, 1.54) is 37.7 Å². The van der Waals surface area contributed by atoms with Crippen LogP contribution in [0.1, 0.15) is 36.6 Å². The second kappa shape index (κ2) is 7.03. The first kappa shape index (κ1) is 14.5. The van der Waals surface area contributed by atoms with Crippen LogP contribution in [0.3, 0.4) is 0 Å². The molecule has 1 aromatic rings. The van der Waals surface area contributed by atoms with E-state index in [4.69, 9.17) is 10.5 Å². The Kier molecular flexibility index (Phi) is 5.36. The van der Waals surface area contributed by atoms with Gasteiger partial charge in [0.1, 0.15) is 6.10 Å². The van der Waals surface area contributed by atoms with Gasteiger partial charge in [-0.2, -0.15) is 0 Å². The molecule has 3 N–H and O–H groups in total. The van der Waals surface area contributed by atoms with Crippen LogP contribution in [0.15, 0.2) is 17.5 Å². The van der Waals surface area contributed by atoms with Crippen molar-refractivity contribution in [2.45, 2.75) is 37.8 Å². The van der Waals surface area contributed by atoms with E-state index in [0.29, 0.717) is 5.92 Å². The molecule has 1 aliphatic carbocycles. The molecule has 1 heterocycles. The number of hydrogen-bond acceptors (Lipinski definition) is 4. The Morgan fingerprint density at radius 1 is 1.58 bits per heavy atom. The van der Waals surface area contributed by atoms with E-state index in [-0.39, 0.29) is 18.5 Å². The fourth-order valence-corrected chi connectivity index (χ4v) is 3.61. The molecule has 2 rings (SSSR count). The number of ether oxygens (including phenoxy) is 1. The molecule has 1 aromatic heterocycles. The number of nitrogens with one attached hydrogen (secondary N) is 1. The Hall–Kier alpha value is -0.910. The SMILES string of the molecule is COC(CN)C(=O)NC(c1cccs1)C1CCCC1. The minimum Gasteiger partial charge on any atom is -0.370 e. The Morgan fingerprint density at radius 2 is 2.32 bits per heavy atom. The summed E-state index contributed by atoms with van der Waals surface area (Å²) in [6, 6.07) is 4.24. The molecule has 2 atom stereocenters. The summed E-state index contributed by atoms with van der Waals surface area (Å²) in [6.45, 7) is 0.212. The highest BCUT2D eigenvalue weighted by atomic mass is 32.1. The number of amides is 1. The van der Waals surface area contributed by atoms with E-state index in [0.717, 1.165) is 0 Å². The first-order valence-corrected chi connectivity index (χ1v) is 7.71. The summed E-state index contributed by atoms with van der Waals surface area (Å²) in [4.78, 5) is 13.4. The van der Waals surface area contributed by atoms with E-state index in [9.17, 15) is 4.79 Å². The quantitative estimate of drug-likeness (QED) is 0.839. The summed E-state index contributed by atoms with van der Waals surface area (Å²) in [5, 5.41) is 5.19. The predicted molar refractivity (Wildman–Crippen MR) is 77.0 cm³/mol. The summed E-state index contributed by atoms with van der Waals surface area (Å²) >= 11 is 1.70. The van der Waals surface area contributed by atoms with Crippen LogP contribution in [-0.4, -0.2) is 25.7 Å². The zero-order valence-electron chi connectivity index (χ0n) is 11.3. The molecular weight excluding hydrogens is 260 g/mol. The lowest BCUT2D eigenvalue weighted by molar-refractivity contribution is -0.131. The molecule has 106 valence electrons. The second-order valence-electron chi connectivity index (χ2n) is 5.01. The van der Waals surface area contributed by atoms with Gasteiger partial charge >= 0.3 is 0 Å². The van der Waals surface area contributed by atoms with Crippen LogP contribution in [0.2, 0.25) is 0 Å². The topological polar surface area (TPSA) is 64.3 Å². The van der Waals surface area contributed by atoms with Crippen molar-refractivity contribution in [3.05, 3.63) is 22.4 Å². The first-order valence-electron chi connectivity index (χ1n) is 6.83. The molecule has 0 spiro atoms. The average molecular weight is 282 g/mol. The van der Waals surface area contributed by atoms with Crippen LogP contribution in [0, 0.1) is 5.92 Å². The van der Waals surface area contributed by atoms with E-state index in [1.807, 2.05) is 6.07 Å². The van der Waals surface area contributed by atoms with E-state index < -0.39 is 6.10 Å². The van der Waals surface area contributed by atoms with Crippen molar-refractivity contribution in [3.63, 3.8) is 0 Å². The maximum atomic E-state index is 12.2. The van der Waals surface area contributed by atoms with Crippen molar-refractivity contribution in [1.29, 1.82) is 0 Å². The minimum absolute atomic E-state index is 0.102.